The van der Waals surface area contributed by atoms with Crippen molar-refractivity contribution in [3.8, 4) is 0 Å². The van der Waals surface area contributed by atoms with Crippen LogP contribution in [0.5, 0.6) is 0 Å². The topological polar surface area (TPSA) is 168 Å². The van der Waals surface area contributed by atoms with Gasteiger partial charge in [0.25, 0.3) is 0 Å². The fourth-order valence-electron chi connectivity index (χ4n) is 8.36. The number of aliphatic hydroxyl groups is 1. The Bertz CT molecular complexity index is 1230. The van der Waals surface area contributed by atoms with E-state index in [9.17, 15) is 33.9 Å². The maximum absolute atomic E-state index is 13.9. The Balaban J connectivity index is 1.59. The largest absolute Gasteiger partial charge is 0.394 e. The second-order valence-electron chi connectivity index (χ2n) is 16.0. The summed E-state index contributed by atoms with van der Waals surface area (Å²) in [4.78, 5) is 86.5. The predicted octanol–water partition coefficient (Wildman–Crippen LogP) is 1.42. The number of carbonyl (C=O) groups is 6. The third-order valence-electron chi connectivity index (χ3n) is 11.5. The predicted molar refractivity (Wildman–Crippen MR) is 183 cm³/mol. The molecular weight excluding hydrogens is 628 g/mol. The number of rotatable bonds is 5. The van der Waals surface area contributed by atoms with E-state index in [4.69, 9.17) is 0 Å². The van der Waals surface area contributed by atoms with Crippen molar-refractivity contribution in [2.24, 2.45) is 29.6 Å². The van der Waals surface area contributed by atoms with Crippen LogP contribution in [0.15, 0.2) is 0 Å². The molecule has 1 aliphatic heterocycles. The van der Waals surface area contributed by atoms with E-state index >= 15 is 0 Å². The van der Waals surface area contributed by atoms with Gasteiger partial charge in [0.1, 0.15) is 18.1 Å². The van der Waals surface area contributed by atoms with Gasteiger partial charge >= 0.3 is 0 Å². The van der Waals surface area contributed by atoms with Crippen LogP contribution in [0.3, 0.4) is 0 Å². The standard InChI is InChI=1S/C36H60N6O7/c1-20(2)14-28-34(47)40(5)25-11-8-22(16-25)31(44)37-29(15-21(3)4)35(48)41(6)26-12-10-24(18-26)33(46)39-30(19-43)36(49)42(7)27-13-9-23(17-27)32(45)38-28/h20-30,43H,8-19H2,1-7H3,(H,37,44)(H,38,45)(H,39,46)/t22-,23-,24-,25+,26+,27+,28-,29-,30-/m0/s1. The van der Waals surface area contributed by atoms with Crippen molar-refractivity contribution >= 4 is 35.4 Å². The van der Waals surface area contributed by atoms with E-state index in [2.05, 4.69) is 16.0 Å². The zero-order valence-electron chi connectivity index (χ0n) is 30.6. The Hall–Kier alpha value is -3.22. The van der Waals surface area contributed by atoms with Gasteiger partial charge in [0.2, 0.25) is 35.4 Å². The van der Waals surface area contributed by atoms with E-state index in [1.807, 2.05) is 27.7 Å². The fourth-order valence-corrected chi connectivity index (χ4v) is 8.36. The Morgan fingerprint density at radius 3 is 1.10 bits per heavy atom. The third-order valence-corrected chi connectivity index (χ3v) is 11.5. The highest BCUT2D eigenvalue weighted by atomic mass is 16.3. The molecule has 13 heteroatoms. The van der Waals surface area contributed by atoms with Crippen LogP contribution in [0.4, 0.5) is 0 Å². The number of aliphatic hydroxyl groups excluding tert-OH is 1. The number of likely N-dealkylation sites (N-methyl/N-ethyl adjacent to an activating group) is 3. The highest BCUT2D eigenvalue weighted by molar-refractivity contribution is 5.91. The van der Waals surface area contributed by atoms with E-state index in [0.29, 0.717) is 70.6 Å². The van der Waals surface area contributed by atoms with Gasteiger partial charge in [0, 0.05) is 57.0 Å². The Morgan fingerprint density at radius 2 is 0.816 bits per heavy atom. The van der Waals surface area contributed by atoms with Gasteiger partial charge in [-0.25, -0.2) is 0 Å². The zero-order chi connectivity index (χ0) is 36.2. The molecule has 4 N–H and O–H groups in total. The van der Waals surface area contributed by atoms with Gasteiger partial charge in [-0.1, -0.05) is 27.7 Å². The van der Waals surface area contributed by atoms with Gasteiger partial charge in [-0.05, 0) is 82.5 Å². The average Bonchev–Trinajstić information content (AvgIpc) is 3.85. The van der Waals surface area contributed by atoms with Crippen LogP contribution in [0, 0.1) is 29.6 Å². The number of hydrogen-bond acceptors (Lipinski definition) is 7. The summed E-state index contributed by atoms with van der Waals surface area (Å²) in [5.41, 5.74) is 0. The average molecular weight is 689 g/mol. The second kappa shape index (κ2) is 16.7. The maximum atomic E-state index is 13.9. The van der Waals surface area contributed by atoms with E-state index < -0.39 is 36.6 Å². The molecule has 4 rings (SSSR count). The number of carbonyl (C=O) groups excluding carboxylic acids is 6. The minimum absolute atomic E-state index is 0.145. The van der Waals surface area contributed by atoms with E-state index in [1.54, 1.807) is 30.9 Å². The second-order valence-corrected chi connectivity index (χ2v) is 16.0. The van der Waals surface area contributed by atoms with Crippen LogP contribution in [0.2, 0.25) is 0 Å². The normalized spacial score (nSPS) is 34.4. The van der Waals surface area contributed by atoms with E-state index in [1.165, 1.54) is 4.90 Å². The van der Waals surface area contributed by atoms with Gasteiger partial charge in [-0.15, -0.1) is 0 Å². The number of amides is 6. The molecule has 0 unspecified atom stereocenters. The molecule has 3 aliphatic carbocycles. The van der Waals surface area contributed by atoms with Gasteiger partial charge in [-0.2, -0.15) is 0 Å². The molecule has 3 saturated carbocycles. The smallest absolute Gasteiger partial charge is 0.247 e. The molecule has 6 bridgehead atoms. The van der Waals surface area contributed by atoms with Crippen LogP contribution in [0.1, 0.15) is 98.3 Å². The molecule has 9 atom stereocenters. The molecular formula is C36H60N6O7. The first kappa shape index (κ1) is 38.6. The molecule has 6 amide bonds. The number of fused-ring (bicyclic) bond motifs is 6. The van der Waals surface area contributed by atoms with Crippen molar-refractivity contribution in [1.29, 1.82) is 0 Å². The van der Waals surface area contributed by atoms with Gasteiger partial charge in [0.05, 0.1) is 6.61 Å². The van der Waals surface area contributed by atoms with Crippen molar-refractivity contribution in [3.63, 3.8) is 0 Å². The highest BCUT2D eigenvalue weighted by Gasteiger charge is 2.42. The molecule has 0 spiro atoms. The number of nitrogens with zero attached hydrogens (tertiary/aromatic N) is 3. The molecule has 0 radical (unpaired) electrons. The lowest BCUT2D eigenvalue weighted by Crippen LogP contribution is -2.53. The summed E-state index contributed by atoms with van der Waals surface area (Å²) in [7, 11) is 5.10. The van der Waals surface area contributed by atoms with Gasteiger partial charge in [0.15, 0.2) is 0 Å². The molecule has 0 aromatic heterocycles. The van der Waals surface area contributed by atoms with Crippen molar-refractivity contribution in [3.05, 3.63) is 0 Å². The summed E-state index contributed by atoms with van der Waals surface area (Å²) in [5.74, 6) is -2.41. The van der Waals surface area contributed by atoms with Crippen molar-refractivity contribution in [1.82, 2.24) is 30.7 Å². The SMILES string of the molecule is CC(C)C[C@@H]1NC(=O)[C@H]2CC[C@H](C2)N(C)C(=O)[C@H](CO)NC(=O)[C@H]2CC[C@H](C2)N(C)C(=O)[C@H](CC(C)C)NC(=O)[C@H]2CC[C@H](C2)N(C)C1=O. The lowest BCUT2D eigenvalue weighted by Gasteiger charge is -2.32. The third kappa shape index (κ3) is 9.32. The van der Waals surface area contributed by atoms with Gasteiger partial charge < -0.3 is 35.8 Å². The Morgan fingerprint density at radius 1 is 0.531 bits per heavy atom. The van der Waals surface area contributed by atoms with Crippen LogP contribution < -0.4 is 16.0 Å². The van der Waals surface area contributed by atoms with Gasteiger partial charge in [-0.3, -0.25) is 28.8 Å². The van der Waals surface area contributed by atoms with Crippen molar-refractivity contribution in [2.75, 3.05) is 27.7 Å². The first-order valence-electron chi connectivity index (χ1n) is 18.4. The summed E-state index contributed by atoms with van der Waals surface area (Å²) in [6.07, 6.45) is 5.76. The van der Waals surface area contributed by atoms with Crippen LogP contribution >= 0.6 is 0 Å². The monoisotopic (exact) mass is 688 g/mol. The van der Waals surface area contributed by atoms with Crippen LogP contribution in [0.25, 0.3) is 0 Å². The van der Waals surface area contributed by atoms with E-state index in [-0.39, 0.29) is 71.3 Å². The first-order chi connectivity index (χ1) is 23.1. The Labute approximate surface area is 291 Å². The molecule has 0 aromatic carbocycles. The molecule has 1 heterocycles. The maximum Gasteiger partial charge on any atom is 0.247 e. The molecule has 13 nitrogen and oxygen atoms in total. The van der Waals surface area contributed by atoms with Crippen molar-refractivity contribution < 1.29 is 33.9 Å². The molecule has 276 valence electrons. The quantitative estimate of drug-likeness (QED) is 0.339. The first-order valence-corrected chi connectivity index (χ1v) is 18.4. The fraction of sp³-hybridized carbons (Fsp3) is 0.833. The summed E-state index contributed by atoms with van der Waals surface area (Å²) < 4.78 is 0. The summed E-state index contributed by atoms with van der Waals surface area (Å²) in [6.45, 7) is 7.44. The molecule has 4 fully saturated rings. The van der Waals surface area contributed by atoms with Crippen molar-refractivity contribution in [2.45, 2.75) is 135 Å². The highest BCUT2D eigenvalue weighted by Crippen LogP contribution is 2.33. The lowest BCUT2D eigenvalue weighted by molar-refractivity contribution is -0.140. The minimum atomic E-state index is -1.13. The summed E-state index contributed by atoms with van der Waals surface area (Å²) in [5, 5.41) is 18.9. The molecule has 0 aromatic rings. The zero-order valence-corrected chi connectivity index (χ0v) is 30.6. The summed E-state index contributed by atoms with van der Waals surface area (Å²) >= 11 is 0. The lowest BCUT2D eigenvalue weighted by atomic mass is 9.99. The minimum Gasteiger partial charge on any atom is -0.394 e. The Kier molecular flexibility index (Phi) is 13.1. The molecule has 1 saturated heterocycles. The van der Waals surface area contributed by atoms with E-state index in [0.717, 1.165) is 0 Å². The molecule has 49 heavy (non-hydrogen) atoms. The molecule has 4 aliphatic rings. The number of hydrogen-bond donors (Lipinski definition) is 4. The summed E-state index contributed by atoms with van der Waals surface area (Å²) in [6, 6.07) is -3.19. The van der Waals surface area contributed by atoms with Crippen LogP contribution in [-0.2, 0) is 28.8 Å². The number of nitrogens with one attached hydrogen (secondary N) is 3. The van der Waals surface area contributed by atoms with Crippen LogP contribution in [-0.4, -0.2) is 119 Å².